The van der Waals surface area contributed by atoms with Crippen LogP contribution in [-0.4, -0.2) is 51.4 Å². The average molecular weight is 494 g/mol. The van der Waals surface area contributed by atoms with E-state index < -0.39 is 39.1 Å². The third-order valence-corrected chi connectivity index (χ3v) is 5.62. The number of nitrogens with zero attached hydrogens (tertiary/aromatic N) is 1. The van der Waals surface area contributed by atoms with Gasteiger partial charge in [0.05, 0.1) is 29.4 Å². The Morgan fingerprint density at radius 3 is 2.32 bits per heavy atom. The van der Waals surface area contributed by atoms with Gasteiger partial charge in [-0.2, -0.15) is 0 Å². The number of ether oxygens (including phenoxy) is 2. The van der Waals surface area contributed by atoms with Crippen LogP contribution < -0.4 is 20.1 Å². The van der Waals surface area contributed by atoms with Crippen LogP contribution in [0, 0.1) is 10.1 Å². The summed E-state index contributed by atoms with van der Waals surface area (Å²) in [5.41, 5.74) is -0.0871. The quantitative estimate of drug-likeness (QED) is 0.236. The monoisotopic (exact) mass is 494 g/mol. The fourth-order valence-corrected chi connectivity index (χ4v) is 3.62. The van der Waals surface area contributed by atoms with Crippen molar-refractivity contribution in [2.45, 2.75) is 18.2 Å². The van der Waals surface area contributed by atoms with Crippen molar-refractivity contribution in [2.75, 3.05) is 30.9 Å². The highest BCUT2D eigenvalue weighted by Gasteiger charge is 2.19. The van der Waals surface area contributed by atoms with E-state index in [0.717, 1.165) is 6.07 Å². The average Bonchev–Trinajstić information content (AvgIpc) is 2.77. The molecule has 0 aliphatic carbocycles. The number of nitro groups is 1. The number of methoxy groups -OCH3 is 1. The number of nitro benzene ring substituents is 1. The van der Waals surface area contributed by atoms with Gasteiger partial charge in [-0.25, -0.2) is 13.1 Å². The highest BCUT2D eigenvalue weighted by Crippen LogP contribution is 2.28. The zero-order valence-corrected chi connectivity index (χ0v) is 19.0. The van der Waals surface area contributed by atoms with Crippen molar-refractivity contribution < 1.29 is 37.2 Å². The Morgan fingerprint density at radius 1 is 1.06 bits per heavy atom. The maximum absolute atomic E-state index is 12.3. The molecule has 14 heteroatoms. The van der Waals surface area contributed by atoms with E-state index in [4.69, 9.17) is 9.47 Å². The summed E-state index contributed by atoms with van der Waals surface area (Å²) in [6.45, 7) is 0.303. The third-order valence-electron chi connectivity index (χ3n) is 4.15. The van der Waals surface area contributed by atoms with Gasteiger partial charge < -0.3 is 20.1 Å². The van der Waals surface area contributed by atoms with Crippen molar-refractivity contribution in [3.63, 3.8) is 0 Å². The standard InChI is InChI=1S/C20H22N4O9S/c1-13(25)22-14-3-6-16(7-4-14)34(30,31)21-10-9-20(27)33-12-19(26)23-17-8-5-15(32-2)11-18(17)24(28)29/h3-8,11,21H,9-10,12H2,1-2H3,(H,22,25)(H,23,26). The molecule has 0 saturated carbocycles. The van der Waals surface area contributed by atoms with Gasteiger partial charge in [0.25, 0.3) is 11.6 Å². The number of rotatable bonds is 11. The first-order valence-corrected chi connectivity index (χ1v) is 11.2. The van der Waals surface area contributed by atoms with E-state index in [1.54, 1.807) is 0 Å². The Morgan fingerprint density at radius 2 is 1.74 bits per heavy atom. The highest BCUT2D eigenvalue weighted by atomic mass is 32.2. The lowest BCUT2D eigenvalue weighted by Gasteiger charge is -2.09. The van der Waals surface area contributed by atoms with Crippen molar-refractivity contribution in [1.29, 1.82) is 0 Å². The van der Waals surface area contributed by atoms with Crippen molar-refractivity contribution in [3.05, 3.63) is 52.6 Å². The summed E-state index contributed by atoms with van der Waals surface area (Å²) in [4.78, 5) is 45.2. The van der Waals surface area contributed by atoms with Crippen LogP contribution in [0.4, 0.5) is 17.1 Å². The van der Waals surface area contributed by atoms with Crippen LogP contribution in [0.1, 0.15) is 13.3 Å². The van der Waals surface area contributed by atoms with Crippen LogP contribution in [0.5, 0.6) is 5.75 Å². The summed E-state index contributed by atoms with van der Waals surface area (Å²) in [5.74, 6) is -1.75. The molecule has 0 saturated heterocycles. The predicted octanol–water partition coefficient (Wildman–Crippen LogP) is 1.41. The van der Waals surface area contributed by atoms with Crippen molar-refractivity contribution in [2.24, 2.45) is 0 Å². The summed E-state index contributed by atoms with van der Waals surface area (Å²) in [6.07, 6.45) is -0.362. The molecule has 182 valence electrons. The second-order valence-corrected chi connectivity index (χ2v) is 8.47. The fraction of sp³-hybridized carbons (Fsp3) is 0.250. The molecule has 13 nitrogen and oxygen atoms in total. The summed E-state index contributed by atoms with van der Waals surface area (Å²) >= 11 is 0. The summed E-state index contributed by atoms with van der Waals surface area (Å²) in [7, 11) is -2.58. The van der Waals surface area contributed by atoms with Gasteiger partial charge in [-0.05, 0) is 36.4 Å². The Kier molecular flexibility index (Phi) is 9.03. The minimum Gasteiger partial charge on any atom is -0.496 e. The van der Waals surface area contributed by atoms with Gasteiger partial charge in [-0.3, -0.25) is 24.5 Å². The second-order valence-electron chi connectivity index (χ2n) is 6.70. The Bertz CT molecular complexity index is 1180. The van der Waals surface area contributed by atoms with E-state index in [2.05, 4.69) is 15.4 Å². The normalized spacial score (nSPS) is 10.8. The molecule has 0 aliphatic rings. The number of carbonyl (C=O) groups is 3. The van der Waals surface area contributed by atoms with E-state index in [9.17, 15) is 32.9 Å². The van der Waals surface area contributed by atoms with Gasteiger partial charge in [0.2, 0.25) is 15.9 Å². The summed E-state index contributed by atoms with van der Waals surface area (Å²) < 4.78 is 36.4. The first kappa shape index (κ1) is 26.2. The van der Waals surface area contributed by atoms with Gasteiger partial charge >= 0.3 is 5.97 Å². The number of benzene rings is 2. The molecule has 3 N–H and O–H groups in total. The number of anilines is 2. The Hall–Kier alpha value is -4.04. The molecule has 0 bridgehead atoms. The SMILES string of the molecule is COc1ccc(NC(=O)COC(=O)CCNS(=O)(=O)c2ccc(NC(C)=O)cc2)c([N+](=O)[O-])c1. The zero-order chi connectivity index (χ0) is 25.3. The number of amides is 2. The molecule has 0 aromatic heterocycles. The second kappa shape index (κ2) is 11.7. The fourth-order valence-electron chi connectivity index (χ4n) is 2.59. The lowest BCUT2D eigenvalue weighted by atomic mass is 10.2. The first-order chi connectivity index (χ1) is 16.0. The number of hydrogen-bond donors (Lipinski definition) is 3. The summed E-state index contributed by atoms with van der Waals surface area (Å²) in [6, 6.07) is 9.21. The van der Waals surface area contributed by atoms with Gasteiger partial charge in [-0.15, -0.1) is 0 Å². The maximum Gasteiger partial charge on any atom is 0.307 e. The molecule has 2 aromatic carbocycles. The smallest absolute Gasteiger partial charge is 0.307 e. The Labute approximate surface area is 194 Å². The molecule has 2 aromatic rings. The number of esters is 1. The van der Waals surface area contributed by atoms with Crippen molar-refractivity contribution in [3.8, 4) is 5.75 Å². The minimum absolute atomic E-state index is 0.0737. The zero-order valence-electron chi connectivity index (χ0n) is 18.2. The topological polar surface area (TPSA) is 183 Å². The largest absolute Gasteiger partial charge is 0.496 e. The van der Waals surface area contributed by atoms with Crippen LogP contribution in [0.15, 0.2) is 47.4 Å². The van der Waals surface area contributed by atoms with Crippen molar-refractivity contribution >= 4 is 44.9 Å². The third kappa shape index (κ3) is 7.83. The van der Waals surface area contributed by atoms with E-state index in [-0.39, 0.29) is 35.2 Å². The number of sulfonamides is 1. The number of nitrogens with one attached hydrogen (secondary N) is 3. The van der Waals surface area contributed by atoms with Crippen LogP contribution in [0.2, 0.25) is 0 Å². The molecular weight excluding hydrogens is 472 g/mol. The molecule has 34 heavy (non-hydrogen) atoms. The molecule has 0 atom stereocenters. The minimum atomic E-state index is -3.92. The molecular formula is C20H22N4O9S. The molecule has 0 spiro atoms. The summed E-state index contributed by atoms with van der Waals surface area (Å²) in [5, 5.41) is 15.9. The van der Waals surface area contributed by atoms with Crippen LogP contribution >= 0.6 is 0 Å². The first-order valence-electron chi connectivity index (χ1n) is 9.67. The number of hydrogen-bond acceptors (Lipinski definition) is 9. The lowest BCUT2D eigenvalue weighted by Crippen LogP contribution is -2.28. The van der Waals surface area contributed by atoms with Gasteiger partial charge in [-0.1, -0.05) is 0 Å². The number of carbonyl (C=O) groups excluding carboxylic acids is 3. The molecule has 2 rings (SSSR count). The Balaban J connectivity index is 1.81. The van der Waals surface area contributed by atoms with Crippen LogP contribution in [-0.2, 0) is 29.1 Å². The van der Waals surface area contributed by atoms with E-state index in [1.807, 2.05) is 0 Å². The van der Waals surface area contributed by atoms with Gasteiger partial charge in [0, 0.05) is 19.2 Å². The van der Waals surface area contributed by atoms with E-state index >= 15 is 0 Å². The van der Waals surface area contributed by atoms with E-state index in [0.29, 0.717) is 5.69 Å². The molecule has 0 heterocycles. The lowest BCUT2D eigenvalue weighted by molar-refractivity contribution is -0.384. The molecule has 0 fully saturated rings. The molecule has 0 unspecified atom stereocenters. The maximum atomic E-state index is 12.3. The molecule has 2 amide bonds. The van der Waals surface area contributed by atoms with Crippen LogP contribution in [0.25, 0.3) is 0 Å². The molecule has 0 radical (unpaired) electrons. The predicted molar refractivity (Wildman–Crippen MR) is 120 cm³/mol. The van der Waals surface area contributed by atoms with E-state index in [1.165, 1.54) is 50.4 Å². The van der Waals surface area contributed by atoms with Gasteiger partial charge in [0.15, 0.2) is 6.61 Å². The van der Waals surface area contributed by atoms with Crippen LogP contribution in [0.3, 0.4) is 0 Å². The highest BCUT2D eigenvalue weighted by molar-refractivity contribution is 7.89. The van der Waals surface area contributed by atoms with Crippen molar-refractivity contribution in [1.82, 2.24) is 4.72 Å². The van der Waals surface area contributed by atoms with Gasteiger partial charge in [0.1, 0.15) is 11.4 Å². The molecule has 0 aliphatic heterocycles.